The summed E-state index contributed by atoms with van der Waals surface area (Å²) >= 11 is 0. The van der Waals surface area contributed by atoms with Crippen LogP contribution < -0.4 is 16.0 Å². The average Bonchev–Trinajstić information content (AvgIpc) is 2.46. The molecule has 2 amide bonds. The van der Waals surface area contributed by atoms with Gasteiger partial charge in [-0.25, -0.2) is 4.79 Å². The standard InChI is InChI=1S/C16H19N3O/c1-3-12-7-9-15(10-8-12)19(2)16(20)18-14-6-4-5-13(17)11-14/h4-11H,3,17H2,1-2H3,(H,18,20). The summed E-state index contributed by atoms with van der Waals surface area (Å²) in [6.07, 6.45) is 0.986. The van der Waals surface area contributed by atoms with Crippen molar-refractivity contribution in [3.05, 3.63) is 54.1 Å². The number of rotatable bonds is 3. The average molecular weight is 269 g/mol. The zero-order chi connectivity index (χ0) is 14.5. The second-order valence-corrected chi connectivity index (χ2v) is 4.63. The van der Waals surface area contributed by atoms with E-state index in [0.717, 1.165) is 12.1 Å². The van der Waals surface area contributed by atoms with E-state index in [1.165, 1.54) is 5.56 Å². The van der Waals surface area contributed by atoms with Gasteiger partial charge in [0.2, 0.25) is 0 Å². The van der Waals surface area contributed by atoms with Crippen LogP contribution in [0.15, 0.2) is 48.5 Å². The van der Waals surface area contributed by atoms with Crippen LogP contribution in [-0.4, -0.2) is 13.1 Å². The second kappa shape index (κ2) is 6.10. The maximum atomic E-state index is 12.2. The molecule has 2 aromatic carbocycles. The Kier molecular flexibility index (Phi) is 4.25. The smallest absolute Gasteiger partial charge is 0.326 e. The summed E-state index contributed by atoms with van der Waals surface area (Å²) in [6, 6.07) is 14.9. The summed E-state index contributed by atoms with van der Waals surface area (Å²) in [5.41, 5.74) is 9.10. The van der Waals surface area contributed by atoms with Crippen LogP contribution >= 0.6 is 0 Å². The minimum absolute atomic E-state index is 0.195. The first kappa shape index (κ1) is 13.9. The van der Waals surface area contributed by atoms with Gasteiger partial charge in [-0.3, -0.25) is 4.90 Å². The van der Waals surface area contributed by atoms with Crippen molar-refractivity contribution in [3.8, 4) is 0 Å². The van der Waals surface area contributed by atoms with Crippen LogP contribution in [0.3, 0.4) is 0 Å². The number of anilines is 3. The van der Waals surface area contributed by atoms with Gasteiger partial charge in [0.1, 0.15) is 0 Å². The monoisotopic (exact) mass is 269 g/mol. The number of benzene rings is 2. The van der Waals surface area contributed by atoms with Gasteiger partial charge in [-0.1, -0.05) is 25.1 Å². The minimum Gasteiger partial charge on any atom is -0.399 e. The van der Waals surface area contributed by atoms with Crippen molar-refractivity contribution in [2.45, 2.75) is 13.3 Å². The van der Waals surface area contributed by atoms with Crippen LogP contribution in [0.25, 0.3) is 0 Å². The lowest BCUT2D eigenvalue weighted by atomic mass is 10.1. The fourth-order valence-electron chi connectivity index (χ4n) is 1.90. The lowest BCUT2D eigenvalue weighted by molar-refractivity contribution is 0.258. The largest absolute Gasteiger partial charge is 0.399 e. The second-order valence-electron chi connectivity index (χ2n) is 4.63. The summed E-state index contributed by atoms with van der Waals surface area (Å²) in [5, 5.41) is 2.82. The molecule has 0 aliphatic heterocycles. The first-order valence-corrected chi connectivity index (χ1v) is 6.59. The molecule has 3 N–H and O–H groups in total. The summed E-state index contributed by atoms with van der Waals surface area (Å²) in [4.78, 5) is 13.7. The number of hydrogen-bond acceptors (Lipinski definition) is 2. The molecule has 0 aliphatic rings. The molecule has 104 valence electrons. The Bertz CT molecular complexity index is 593. The van der Waals surface area contributed by atoms with Crippen LogP contribution in [-0.2, 0) is 6.42 Å². The molecular formula is C16H19N3O. The van der Waals surface area contributed by atoms with Gasteiger partial charge < -0.3 is 11.1 Å². The minimum atomic E-state index is -0.195. The van der Waals surface area contributed by atoms with E-state index >= 15 is 0 Å². The third-order valence-corrected chi connectivity index (χ3v) is 3.17. The number of nitrogens with zero attached hydrogens (tertiary/aromatic N) is 1. The fraction of sp³-hybridized carbons (Fsp3) is 0.188. The highest BCUT2D eigenvalue weighted by atomic mass is 16.2. The molecule has 0 aliphatic carbocycles. The summed E-state index contributed by atoms with van der Waals surface area (Å²) < 4.78 is 0. The quantitative estimate of drug-likeness (QED) is 0.838. The third kappa shape index (κ3) is 3.29. The zero-order valence-corrected chi connectivity index (χ0v) is 11.8. The molecule has 0 bridgehead atoms. The van der Waals surface area contributed by atoms with Crippen LogP contribution in [0.4, 0.5) is 21.9 Å². The van der Waals surface area contributed by atoms with E-state index in [2.05, 4.69) is 12.2 Å². The number of carbonyl (C=O) groups is 1. The Morgan fingerprint density at radius 2 is 1.90 bits per heavy atom. The van der Waals surface area contributed by atoms with Crippen molar-refractivity contribution in [2.24, 2.45) is 0 Å². The Labute approximate surface area is 119 Å². The Morgan fingerprint density at radius 3 is 2.50 bits per heavy atom. The molecule has 0 heterocycles. The van der Waals surface area contributed by atoms with Crippen molar-refractivity contribution < 1.29 is 4.79 Å². The number of urea groups is 1. The molecule has 4 nitrogen and oxygen atoms in total. The van der Waals surface area contributed by atoms with Crippen molar-refractivity contribution in [2.75, 3.05) is 23.0 Å². The molecular weight excluding hydrogens is 250 g/mol. The number of nitrogens with one attached hydrogen (secondary N) is 1. The molecule has 0 unspecified atom stereocenters. The topological polar surface area (TPSA) is 58.4 Å². The first-order chi connectivity index (χ1) is 9.60. The molecule has 0 saturated heterocycles. The fourth-order valence-corrected chi connectivity index (χ4v) is 1.90. The highest BCUT2D eigenvalue weighted by Gasteiger charge is 2.10. The van der Waals surface area contributed by atoms with Crippen LogP contribution in [0, 0.1) is 0 Å². The van der Waals surface area contributed by atoms with Gasteiger partial charge in [-0.2, -0.15) is 0 Å². The summed E-state index contributed by atoms with van der Waals surface area (Å²) in [6.45, 7) is 2.10. The number of aryl methyl sites for hydroxylation is 1. The van der Waals surface area contributed by atoms with E-state index in [0.29, 0.717) is 11.4 Å². The summed E-state index contributed by atoms with van der Waals surface area (Å²) in [7, 11) is 1.74. The van der Waals surface area contributed by atoms with E-state index in [4.69, 9.17) is 5.73 Å². The van der Waals surface area contributed by atoms with E-state index in [1.54, 1.807) is 30.1 Å². The van der Waals surface area contributed by atoms with E-state index in [-0.39, 0.29) is 6.03 Å². The Hall–Kier alpha value is -2.49. The van der Waals surface area contributed by atoms with Gasteiger partial charge in [-0.05, 0) is 42.3 Å². The maximum Gasteiger partial charge on any atom is 0.326 e. The lowest BCUT2D eigenvalue weighted by Gasteiger charge is -2.18. The van der Waals surface area contributed by atoms with Crippen LogP contribution in [0.5, 0.6) is 0 Å². The van der Waals surface area contributed by atoms with Gasteiger partial charge in [0.05, 0.1) is 0 Å². The molecule has 0 fully saturated rings. The molecule has 0 atom stereocenters. The first-order valence-electron chi connectivity index (χ1n) is 6.59. The predicted octanol–water partition coefficient (Wildman–Crippen LogP) is 3.50. The zero-order valence-electron chi connectivity index (χ0n) is 11.8. The SMILES string of the molecule is CCc1ccc(N(C)C(=O)Nc2cccc(N)c2)cc1. The highest BCUT2D eigenvalue weighted by Crippen LogP contribution is 2.17. The maximum absolute atomic E-state index is 12.2. The van der Waals surface area contributed by atoms with Crippen molar-refractivity contribution in [1.29, 1.82) is 0 Å². The highest BCUT2D eigenvalue weighted by molar-refractivity contribution is 6.01. The Balaban J connectivity index is 2.07. The molecule has 0 saturated carbocycles. The van der Waals surface area contributed by atoms with Crippen molar-refractivity contribution in [1.82, 2.24) is 0 Å². The van der Waals surface area contributed by atoms with E-state index in [1.807, 2.05) is 30.3 Å². The normalized spacial score (nSPS) is 10.1. The van der Waals surface area contributed by atoms with Crippen molar-refractivity contribution >= 4 is 23.1 Å². The van der Waals surface area contributed by atoms with E-state index in [9.17, 15) is 4.79 Å². The van der Waals surface area contributed by atoms with Gasteiger partial charge in [0.25, 0.3) is 0 Å². The number of carbonyl (C=O) groups excluding carboxylic acids is 1. The number of nitrogens with two attached hydrogens (primary N) is 1. The number of hydrogen-bond donors (Lipinski definition) is 2. The lowest BCUT2D eigenvalue weighted by Crippen LogP contribution is -2.31. The number of nitrogen functional groups attached to an aromatic ring is 1. The molecule has 0 radical (unpaired) electrons. The van der Waals surface area contributed by atoms with Gasteiger partial charge in [0.15, 0.2) is 0 Å². The van der Waals surface area contributed by atoms with Gasteiger partial charge in [-0.15, -0.1) is 0 Å². The Morgan fingerprint density at radius 1 is 1.20 bits per heavy atom. The van der Waals surface area contributed by atoms with Gasteiger partial charge >= 0.3 is 6.03 Å². The molecule has 0 spiro atoms. The van der Waals surface area contributed by atoms with Gasteiger partial charge in [0, 0.05) is 24.1 Å². The predicted molar refractivity (Wildman–Crippen MR) is 84.1 cm³/mol. The van der Waals surface area contributed by atoms with E-state index < -0.39 is 0 Å². The molecule has 0 aromatic heterocycles. The molecule has 2 aromatic rings. The third-order valence-electron chi connectivity index (χ3n) is 3.17. The molecule has 20 heavy (non-hydrogen) atoms. The van der Waals surface area contributed by atoms with Crippen LogP contribution in [0.1, 0.15) is 12.5 Å². The molecule has 4 heteroatoms. The number of amides is 2. The van der Waals surface area contributed by atoms with Crippen LogP contribution in [0.2, 0.25) is 0 Å². The van der Waals surface area contributed by atoms with Crippen molar-refractivity contribution in [3.63, 3.8) is 0 Å². The molecule has 2 rings (SSSR count). The summed E-state index contributed by atoms with van der Waals surface area (Å²) in [5.74, 6) is 0.